The number of carbonyl (C=O) groups excluding carboxylic acids is 1. The lowest BCUT2D eigenvalue weighted by atomic mass is 9.84. The van der Waals surface area contributed by atoms with Crippen LogP contribution in [0.3, 0.4) is 0 Å². The Labute approximate surface area is 160 Å². The lowest BCUT2D eigenvalue weighted by molar-refractivity contribution is -0.251. The van der Waals surface area contributed by atoms with Gasteiger partial charge in [0.2, 0.25) is 5.91 Å². The normalized spacial score (nSPS) is 20.5. The first-order valence-electron chi connectivity index (χ1n) is 8.68. The minimum Gasteiger partial charge on any atom is -0.374 e. The first kappa shape index (κ1) is 19.7. The maximum Gasteiger partial charge on any atom is 0.435 e. The zero-order valence-corrected chi connectivity index (χ0v) is 15.4. The molecule has 0 radical (unpaired) electrons. The number of amides is 1. The van der Waals surface area contributed by atoms with Crippen molar-refractivity contribution in [3.05, 3.63) is 71.3 Å². The van der Waals surface area contributed by atoms with E-state index in [0.717, 1.165) is 0 Å². The van der Waals surface area contributed by atoms with E-state index in [1.165, 1.54) is 31.2 Å². The number of nitrogens with two attached hydrogens (primary N) is 1. The first-order chi connectivity index (χ1) is 13.2. The molecule has 3 rings (SSSR count). The molecule has 4 nitrogen and oxygen atoms in total. The summed E-state index contributed by atoms with van der Waals surface area (Å²) in [5.74, 6) is -0.610. The van der Waals surface area contributed by atoms with Crippen LogP contribution in [0.4, 0.5) is 13.2 Å². The summed E-state index contributed by atoms with van der Waals surface area (Å²) in [5.41, 5.74) is 3.78. The largest absolute Gasteiger partial charge is 0.435 e. The molecule has 28 heavy (non-hydrogen) atoms. The molecule has 1 atom stereocenters. The molecular weight excluding hydrogens is 369 g/mol. The van der Waals surface area contributed by atoms with Crippen LogP contribution in [-0.4, -0.2) is 23.4 Å². The molecule has 1 amide bonds. The fourth-order valence-corrected chi connectivity index (χ4v) is 3.46. The summed E-state index contributed by atoms with van der Waals surface area (Å²) < 4.78 is 42.0. The van der Waals surface area contributed by atoms with Gasteiger partial charge >= 0.3 is 6.18 Å². The Bertz CT molecular complexity index is 1020. The maximum absolute atomic E-state index is 14.0. The summed E-state index contributed by atoms with van der Waals surface area (Å²) in [5, 5.41) is 4.95. The molecule has 0 fully saturated rings. The molecule has 1 aliphatic rings. The average molecular weight is 388 g/mol. The van der Waals surface area contributed by atoms with Crippen LogP contribution in [0.1, 0.15) is 36.2 Å². The third-order valence-electron chi connectivity index (χ3n) is 4.81. The number of allylic oxidation sites excluding steroid dienone is 2. The highest BCUT2D eigenvalue weighted by molar-refractivity contribution is 6.16. The fourth-order valence-electron chi connectivity index (χ4n) is 3.46. The molecule has 7 heteroatoms. The molecule has 0 aliphatic carbocycles. The van der Waals surface area contributed by atoms with E-state index in [1.807, 2.05) is 0 Å². The maximum atomic E-state index is 14.0. The summed E-state index contributed by atoms with van der Waals surface area (Å²) in [4.78, 5) is 16.7. The highest BCUT2D eigenvalue weighted by Gasteiger charge is 2.62. The van der Waals surface area contributed by atoms with Gasteiger partial charge in [-0.15, -0.1) is 0 Å². The third-order valence-corrected chi connectivity index (χ3v) is 4.81. The second-order valence-electron chi connectivity index (χ2n) is 6.45. The molecular formula is C21H19F3N2O2. The van der Waals surface area contributed by atoms with Crippen molar-refractivity contribution in [3.8, 4) is 0 Å². The van der Waals surface area contributed by atoms with Crippen LogP contribution >= 0.6 is 0 Å². The van der Waals surface area contributed by atoms with E-state index >= 15 is 0 Å². The van der Waals surface area contributed by atoms with Crippen LogP contribution < -0.4 is 5.73 Å². The molecule has 2 aromatic rings. The van der Waals surface area contributed by atoms with Gasteiger partial charge in [-0.3, -0.25) is 4.79 Å². The van der Waals surface area contributed by atoms with E-state index in [9.17, 15) is 18.0 Å². The number of carbonyl (C=O) groups is 1. The van der Waals surface area contributed by atoms with Crippen molar-refractivity contribution in [2.24, 2.45) is 10.9 Å². The number of benzene rings is 2. The molecule has 0 aromatic heterocycles. The Morgan fingerprint density at radius 2 is 1.86 bits per heavy atom. The van der Waals surface area contributed by atoms with Crippen LogP contribution in [0.15, 0.2) is 65.4 Å². The number of oxime groups is 1. The van der Waals surface area contributed by atoms with Gasteiger partial charge < -0.3 is 10.6 Å². The lowest BCUT2D eigenvalue weighted by Crippen LogP contribution is -2.46. The Morgan fingerprint density at radius 3 is 2.43 bits per heavy atom. The van der Waals surface area contributed by atoms with Crippen LogP contribution in [0, 0.1) is 0 Å². The van der Waals surface area contributed by atoms with Gasteiger partial charge in [0.05, 0.1) is 5.71 Å². The number of alkyl halides is 3. The van der Waals surface area contributed by atoms with Gasteiger partial charge in [0.25, 0.3) is 5.60 Å². The number of rotatable bonds is 4. The fraction of sp³-hybridized carbons (Fsp3) is 0.238. The zero-order valence-electron chi connectivity index (χ0n) is 15.4. The van der Waals surface area contributed by atoms with E-state index in [-0.39, 0.29) is 11.3 Å². The monoisotopic (exact) mass is 388 g/mol. The molecule has 1 unspecified atom stereocenters. The van der Waals surface area contributed by atoms with Gasteiger partial charge in [0.15, 0.2) is 0 Å². The Balaban J connectivity index is 2.13. The van der Waals surface area contributed by atoms with Crippen molar-refractivity contribution in [3.63, 3.8) is 0 Å². The van der Waals surface area contributed by atoms with Crippen LogP contribution in [0.2, 0.25) is 0 Å². The number of hydrogen-bond donors (Lipinski definition) is 1. The Hall–Kier alpha value is -3.09. The van der Waals surface area contributed by atoms with Crippen LogP contribution in [0.25, 0.3) is 10.8 Å². The molecule has 2 N–H and O–H groups in total. The molecule has 0 saturated heterocycles. The van der Waals surface area contributed by atoms with E-state index in [4.69, 9.17) is 10.6 Å². The van der Waals surface area contributed by atoms with Gasteiger partial charge in [0.1, 0.15) is 0 Å². The standard InChI is InChI=1S/C21H19F3N2O2/c1-3-7-13(4-2)20(21(22,23)24)12-18(26-28-20)16-10-11-17(19(25)27)15-9-6-5-8-14(15)16/h3-11H,12H2,1-2H3,(H2,25,27)/b7-3-,13-4+. The average Bonchev–Trinajstić information content (AvgIpc) is 3.11. The zero-order chi connectivity index (χ0) is 20.5. The third kappa shape index (κ3) is 3.06. The topological polar surface area (TPSA) is 64.7 Å². The van der Waals surface area contributed by atoms with E-state index in [2.05, 4.69) is 5.16 Å². The Kier molecular flexibility index (Phi) is 5.02. The molecule has 0 saturated carbocycles. The Morgan fingerprint density at radius 1 is 1.18 bits per heavy atom. The van der Waals surface area contributed by atoms with Gasteiger partial charge in [-0.25, -0.2) is 0 Å². The summed E-state index contributed by atoms with van der Waals surface area (Å²) in [6.45, 7) is 3.17. The summed E-state index contributed by atoms with van der Waals surface area (Å²) in [6.07, 6.45) is -0.856. The van der Waals surface area contributed by atoms with Crippen molar-refractivity contribution in [2.45, 2.75) is 32.0 Å². The van der Waals surface area contributed by atoms with E-state index < -0.39 is 24.1 Å². The molecule has 1 aliphatic heterocycles. The van der Waals surface area contributed by atoms with E-state index in [0.29, 0.717) is 21.9 Å². The van der Waals surface area contributed by atoms with E-state index in [1.54, 1.807) is 37.3 Å². The summed E-state index contributed by atoms with van der Waals surface area (Å²) >= 11 is 0. The van der Waals surface area contributed by atoms with Crippen LogP contribution in [-0.2, 0) is 4.84 Å². The van der Waals surface area contributed by atoms with Crippen LogP contribution in [0.5, 0.6) is 0 Å². The molecule has 0 bridgehead atoms. The number of nitrogens with zero attached hydrogens (tertiary/aromatic N) is 1. The number of fused-ring (bicyclic) bond motifs is 1. The number of hydrogen-bond acceptors (Lipinski definition) is 3. The quantitative estimate of drug-likeness (QED) is 0.758. The number of primary amides is 1. The molecule has 146 valence electrons. The van der Waals surface area contributed by atoms with Gasteiger partial charge in [0, 0.05) is 23.1 Å². The van der Waals surface area contributed by atoms with Gasteiger partial charge in [-0.2, -0.15) is 13.2 Å². The second kappa shape index (κ2) is 7.14. The SMILES string of the molecule is C/C=C\C(=C/C)C1(C(F)(F)F)CC(c2ccc(C(N)=O)c3ccccc23)=NO1. The van der Waals surface area contributed by atoms with Gasteiger partial charge in [-0.05, 0) is 30.7 Å². The molecule has 1 heterocycles. The summed E-state index contributed by atoms with van der Waals surface area (Å²) in [6, 6.07) is 9.94. The second-order valence-corrected chi connectivity index (χ2v) is 6.45. The minimum absolute atomic E-state index is 0.0145. The lowest BCUT2D eigenvalue weighted by Gasteiger charge is -2.30. The highest BCUT2D eigenvalue weighted by Crippen LogP contribution is 2.47. The minimum atomic E-state index is -4.66. The van der Waals surface area contributed by atoms with Crippen molar-refractivity contribution in [1.29, 1.82) is 0 Å². The smallest absolute Gasteiger partial charge is 0.374 e. The molecule has 0 spiro atoms. The van der Waals surface area contributed by atoms with Crippen molar-refractivity contribution in [2.75, 3.05) is 0 Å². The summed E-state index contributed by atoms with van der Waals surface area (Å²) in [7, 11) is 0. The van der Waals surface area contributed by atoms with Crippen molar-refractivity contribution >= 4 is 22.4 Å². The molecule has 2 aromatic carbocycles. The highest BCUT2D eigenvalue weighted by atomic mass is 19.4. The predicted octanol–water partition coefficient (Wildman–Crippen LogP) is 4.89. The van der Waals surface area contributed by atoms with Crippen molar-refractivity contribution < 1.29 is 22.8 Å². The predicted molar refractivity (Wildman–Crippen MR) is 102 cm³/mol. The van der Waals surface area contributed by atoms with Crippen molar-refractivity contribution in [1.82, 2.24) is 0 Å². The number of halogens is 3. The van der Waals surface area contributed by atoms with Gasteiger partial charge in [-0.1, -0.05) is 53.7 Å². The first-order valence-corrected chi connectivity index (χ1v) is 8.68.